The smallest absolute Gasteiger partial charge is 0.269 e. The minimum atomic E-state index is -0.526. The van der Waals surface area contributed by atoms with Crippen LogP contribution in [0, 0.1) is 5.82 Å². The second kappa shape index (κ2) is 10.1. The van der Waals surface area contributed by atoms with Gasteiger partial charge in [-0.1, -0.05) is 30.3 Å². The van der Waals surface area contributed by atoms with Crippen LogP contribution in [0.2, 0.25) is 0 Å². The second-order valence-electron chi connectivity index (χ2n) is 6.17. The lowest BCUT2D eigenvalue weighted by Gasteiger charge is -2.11. The zero-order valence-corrected chi connectivity index (χ0v) is 16.5. The Morgan fingerprint density at radius 1 is 0.800 bits per heavy atom. The zero-order valence-electron chi connectivity index (χ0n) is 15.7. The number of thiocarbonyl (C=S) groups is 1. The molecule has 0 radical (unpaired) electrons. The summed E-state index contributed by atoms with van der Waals surface area (Å²) in [6.07, 6.45) is 0. The Morgan fingerprint density at radius 2 is 1.40 bits per heavy atom. The molecule has 0 bridgehead atoms. The number of halogens is 1. The summed E-state index contributed by atoms with van der Waals surface area (Å²) >= 11 is 4.97. The number of hydrogen-bond acceptors (Lipinski definition) is 4. The number of carbonyl (C=O) groups is 2. The first-order valence-corrected chi connectivity index (χ1v) is 9.36. The molecule has 0 aliphatic rings. The topological polar surface area (TPSA) is 79.5 Å². The fraction of sp³-hybridized carbons (Fsp3) is 0.0455. The summed E-state index contributed by atoms with van der Waals surface area (Å²) in [5.74, 6) is -0.786. The molecule has 6 nitrogen and oxygen atoms in total. The molecular weight excluding hydrogens is 405 g/mol. The number of amides is 2. The average Bonchev–Trinajstić information content (AvgIpc) is 2.77. The molecule has 0 fully saturated rings. The molecule has 0 unspecified atom stereocenters. The van der Waals surface area contributed by atoms with Crippen molar-refractivity contribution in [3.8, 4) is 5.75 Å². The fourth-order valence-electron chi connectivity index (χ4n) is 2.44. The Bertz CT molecular complexity index is 1030. The first-order chi connectivity index (χ1) is 14.5. The van der Waals surface area contributed by atoms with Crippen molar-refractivity contribution in [1.82, 2.24) is 16.2 Å². The predicted octanol–water partition coefficient (Wildman–Crippen LogP) is 3.35. The molecule has 0 saturated carbocycles. The summed E-state index contributed by atoms with van der Waals surface area (Å²) < 4.78 is 18.6. The van der Waals surface area contributed by atoms with Crippen LogP contribution in [0.4, 0.5) is 4.39 Å². The molecule has 0 saturated heterocycles. The molecule has 3 rings (SSSR count). The van der Waals surface area contributed by atoms with Crippen LogP contribution in [-0.4, -0.2) is 16.9 Å². The Morgan fingerprint density at radius 3 is 2.07 bits per heavy atom. The number of benzene rings is 3. The molecule has 8 heteroatoms. The Hall–Kier alpha value is -3.78. The minimum absolute atomic E-state index is 0.0968. The molecule has 2 amide bonds. The molecule has 0 atom stereocenters. The van der Waals surface area contributed by atoms with Crippen molar-refractivity contribution in [3.63, 3.8) is 0 Å². The van der Waals surface area contributed by atoms with Gasteiger partial charge < -0.3 is 4.74 Å². The summed E-state index contributed by atoms with van der Waals surface area (Å²) in [6.45, 7) is 0.427. The van der Waals surface area contributed by atoms with Gasteiger partial charge >= 0.3 is 0 Å². The summed E-state index contributed by atoms with van der Waals surface area (Å²) in [7, 11) is 0. The lowest BCUT2D eigenvalue weighted by molar-refractivity contribution is 0.0934. The van der Waals surface area contributed by atoms with Crippen molar-refractivity contribution in [2.45, 2.75) is 6.61 Å². The number of ether oxygens (including phenoxy) is 1. The van der Waals surface area contributed by atoms with Crippen molar-refractivity contribution >= 4 is 29.1 Å². The van der Waals surface area contributed by atoms with Crippen LogP contribution in [-0.2, 0) is 6.61 Å². The molecule has 0 aliphatic heterocycles. The number of nitrogens with one attached hydrogen (secondary N) is 3. The van der Waals surface area contributed by atoms with Crippen molar-refractivity contribution < 1.29 is 18.7 Å². The molecule has 3 N–H and O–H groups in total. The maximum atomic E-state index is 12.9. The molecule has 152 valence electrons. The minimum Gasteiger partial charge on any atom is -0.489 e. The van der Waals surface area contributed by atoms with Gasteiger partial charge in [0.15, 0.2) is 5.11 Å². The second-order valence-corrected chi connectivity index (χ2v) is 6.58. The Balaban J connectivity index is 1.45. The van der Waals surface area contributed by atoms with E-state index in [0.29, 0.717) is 17.9 Å². The van der Waals surface area contributed by atoms with E-state index in [9.17, 15) is 14.0 Å². The van der Waals surface area contributed by atoms with Crippen LogP contribution in [0.15, 0.2) is 78.9 Å². The maximum Gasteiger partial charge on any atom is 0.269 e. The standard InChI is InChI=1S/C22H18FN3O3S/c23-18-10-6-16(7-11-18)20(27)24-22(30)26-25-21(28)17-8-12-19(13-9-17)29-14-15-4-2-1-3-5-15/h1-13H,14H2,(H,25,28)(H2,24,26,27,30). The van der Waals surface area contributed by atoms with E-state index in [4.69, 9.17) is 17.0 Å². The van der Waals surface area contributed by atoms with E-state index in [-0.39, 0.29) is 10.7 Å². The van der Waals surface area contributed by atoms with E-state index in [0.717, 1.165) is 5.56 Å². The number of hydrogen-bond donors (Lipinski definition) is 3. The van der Waals surface area contributed by atoms with Gasteiger partial charge in [0.25, 0.3) is 11.8 Å². The number of carbonyl (C=O) groups excluding carboxylic acids is 2. The van der Waals surface area contributed by atoms with Crippen molar-refractivity contribution in [3.05, 3.63) is 101 Å². The van der Waals surface area contributed by atoms with E-state index < -0.39 is 17.6 Å². The summed E-state index contributed by atoms with van der Waals surface area (Å²) in [5, 5.41) is 2.29. The van der Waals surface area contributed by atoms with Crippen LogP contribution in [0.5, 0.6) is 5.75 Å². The van der Waals surface area contributed by atoms with E-state index in [1.807, 2.05) is 30.3 Å². The van der Waals surface area contributed by atoms with Crippen LogP contribution < -0.4 is 20.9 Å². The highest BCUT2D eigenvalue weighted by atomic mass is 32.1. The van der Waals surface area contributed by atoms with Gasteiger partial charge in [0.1, 0.15) is 18.2 Å². The molecule has 3 aromatic carbocycles. The zero-order chi connectivity index (χ0) is 21.3. The largest absolute Gasteiger partial charge is 0.489 e. The van der Waals surface area contributed by atoms with Gasteiger partial charge in [-0.3, -0.25) is 25.8 Å². The quantitative estimate of drug-likeness (QED) is 0.433. The van der Waals surface area contributed by atoms with Crippen molar-refractivity contribution in [2.24, 2.45) is 0 Å². The monoisotopic (exact) mass is 423 g/mol. The van der Waals surface area contributed by atoms with Gasteiger partial charge in [0.05, 0.1) is 0 Å². The van der Waals surface area contributed by atoms with Gasteiger partial charge in [-0.25, -0.2) is 4.39 Å². The van der Waals surface area contributed by atoms with Gasteiger partial charge in [-0.05, 0) is 66.3 Å². The molecular formula is C22H18FN3O3S. The summed E-state index contributed by atoms with van der Waals surface area (Å²) in [5.41, 5.74) is 6.50. The van der Waals surface area contributed by atoms with Crippen LogP contribution in [0.3, 0.4) is 0 Å². The number of hydrazine groups is 1. The lowest BCUT2D eigenvalue weighted by Crippen LogP contribution is -2.48. The van der Waals surface area contributed by atoms with Crippen molar-refractivity contribution in [2.75, 3.05) is 0 Å². The first kappa shape index (κ1) is 20.9. The van der Waals surface area contributed by atoms with Crippen LogP contribution >= 0.6 is 12.2 Å². The van der Waals surface area contributed by atoms with Gasteiger partial charge in [0.2, 0.25) is 0 Å². The Labute approximate surface area is 178 Å². The molecule has 0 aromatic heterocycles. The third kappa shape index (κ3) is 6.11. The third-order valence-corrected chi connectivity index (χ3v) is 4.19. The fourth-order valence-corrected chi connectivity index (χ4v) is 2.58. The van der Waals surface area contributed by atoms with Gasteiger partial charge in [-0.15, -0.1) is 0 Å². The van der Waals surface area contributed by atoms with Crippen molar-refractivity contribution in [1.29, 1.82) is 0 Å². The highest BCUT2D eigenvalue weighted by molar-refractivity contribution is 7.80. The summed E-state index contributed by atoms with van der Waals surface area (Å²) in [4.78, 5) is 24.2. The average molecular weight is 423 g/mol. The molecule has 0 aliphatic carbocycles. The lowest BCUT2D eigenvalue weighted by atomic mass is 10.2. The molecule has 30 heavy (non-hydrogen) atoms. The maximum absolute atomic E-state index is 12.9. The van der Waals surface area contributed by atoms with Gasteiger partial charge in [0, 0.05) is 11.1 Å². The normalized spacial score (nSPS) is 10.0. The number of rotatable bonds is 5. The van der Waals surface area contributed by atoms with E-state index in [1.54, 1.807) is 24.3 Å². The third-order valence-electron chi connectivity index (χ3n) is 3.99. The molecule has 3 aromatic rings. The Kier molecular flexibility index (Phi) is 7.07. The SMILES string of the molecule is O=C(NNC(=S)NC(=O)c1ccc(F)cc1)c1ccc(OCc2ccccc2)cc1. The van der Waals surface area contributed by atoms with E-state index in [2.05, 4.69) is 16.2 Å². The summed E-state index contributed by atoms with van der Waals surface area (Å²) in [6, 6.07) is 21.3. The predicted molar refractivity (Wildman–Crippen MR) is 114 cm³/mol. The van der Waals surface area contributed by atoms with E-state index in [1.165, 1.54) is 24.3 Å². The first-order valence-electron chi connectivity index (χ1n) is 8.95. The van der Waals surface area contributed by atoms with E-state index >= 15 is 0 Å². The van der Waals surface area contributed by atoms with Crippen LogP contribution in [0.25, 0.3) is 0 Å². The highest BCUT2D eigenvalue weighted by Crippen LogP contribution is 2.14. The van der Waals surface area contributed by atoms with Gasteiger partial charge in [-0.2, -0.15) is 0 Å². The molecule has 0 spiro atoms. The molecule has 0 heterocycles. The highest BCUT2D eigenvalue weighted by Gasteiger charge is 2.10. The van der Waals surface area contributed by atoms with Crippen LogP contribution in [0.1, 0.15) is 26.3 Å².